The van der Waals surface area contributed by atoms with Gasteiger partial charge in [0.1, 0.15) is 0 Å². The quantitative estimate of drug-likeness (QED) is 0.643. The third-order valence-electron chi connectivity index (χ3n) is 1.94. The van der Waals surface area contributed by atoms with Gasteiger partial charge in [-0.3, -0.25) is 0 Å². The Morgan fingerprint density at radius 1 is 1.46 bits per heavy atom. The first kappa shape index (κ1) is 10.3. The summed E-state index contributed by atoms with van der Waals surface area (Å²) in [4.78, 5) is 5.37. The molecule has 74 valence electrons. The molecule has 1 rings (SSSR count). The Kier molecular flexibility index (Phi) is 4.57. The molecule has 0 aliphatic carbocycles. The molecule has 0 aliphatic rings. The largest absolute Gasteiger partial charge is 0.364 e. The first-order chi connectivity index (χ1) is 6.29. The van der Waals surface area contributed by atoms with E-state index in [9.17, 15) is 0 Å². The van der Waals surface area contributed by atoms with E-state index in [0.717, 1.165) is 19.6 Å². The number of nitrogens with one attached hydrogen (secondary N) is 2. The maximum atomic E-state index is 3.39. The molecule has 2 N–H and O–H groups in total. The van der Waals surface area contributed by atoms with Gasteiger partial charge in [0.2, 0.25) is 0 Å². The average Bonchev–Trinajstić information content (AvgIpc) is 2.55. The second-order valence-electron chi connectivity index (χ2n) is 3.53. The summed E-state index contributed by atoms with van der Waals surface area (Å²) in [6, 6.07) is 4.12. The molecule has 1 aromatic heterocycles. The van der Waals surface area contributed by atoms with Crippen molar-refractivity contribution < 1.29 is 0 Å². The summed E-state index contributed by atoms with van der Waals surface area (Å²) in [5.74, 6) is 0. The lowest BCUT2D eigenvalue weighted by atomic mass is 10.4. The van der Waals surface area contributed by atoms with Crippen LogP contribution in [0.5, 0.6) is 0 Å². The fourth-order valence-electron chi connectivity index (χ4n) is 1.22. The molecule has 0 saturated carbocycles. The van der Waals surface area contributed by atoms with E-state index in [1.54, 1.807) is 0 Å². The van der Waals surface area contributed by atoms with Crippen LogP contribution in [0.25, 0.3) is 0 Å². The SMILES string of the molecule is CN(C)CCCNCc1ccc[nH]1. The topological polar surface area (TPSA) is 31.1 Å². The van der Waals surface area contributed by atoms with Crippen LogP contribution < -0.4 is 5.32 Å². The lowest BCUT2D eigenvalue weighted by Crippen LogP contribution is -2.21. The van der Waals surface area contributed by atoms with Crippen LogP contribution in [0.4, 0.5) is 0 Å². The fraction of sp³-hybridized carbons (Fsp3) is 0.600. The van der Waals surface area contributed by atoms with Gasteiger partial charge in [-0.05, 0) is 45.7 Å². The zero-order valence-corrected chi connectivity index (χ0v) is 8.51. The molecule has 0 bridgehead atoms. The predicted molar refractivity (Wildman–Crippen MR) is 55.7 cm³/mol. The second kappa shape index (κ2) is 5.78. The van der Waals surface area contributed by atoms with Gasteiger partial charge < -0.3 is 15.2 Å². The number of nitrogens with zero attached hydrogens (tertiary/aromatic N) is 1. The molecule has 3 heteroatoms. The van der Waals surface area contributed by atoms with E-state index in [1.807, 2.05) is 12.3 Å². The van der Waals surface area contributed by atoms with E-state index in [0.29, 0.717) is 0 Å². The zero-order valence-electron chi connectivity index (χ0n) is 8.51. The maximum absolute atomic E-state index is 3.39. The summed E-state index contributed by atoms with van der Waals surface area (Å²) in [5, 5.41) is 3.39. The summed E-state index contributed by atoms with van der Waals surface area (Å²) >= 11 is 0. The first-order valence-corrected chi connectivity index (χ1v) is 4.77. The molecule has 0 radical (unpaired) electrons. The summed E-state index contributed by atoms with van der Waals surface area (Å²) in [6.07, 6.45) is 3.16. The minimum atomic E-state index is 0.945. The molecular weight excluding hydrogens is 162 g/mol. The standard InChI is InChI=1S/C10H19N3/c1-13(2)8-4-6-11-9-10-5-3-7-12-10/h3,5,7,11-12H,4,6,8-9H2,1-2H3. The van der Waals surface area contributed by atoms with Gasteiger partial charge >= 0.3 is 0 Å². The van der Waals surface area contributed by atoms with Gasteiger partial charge in [-0.25, -0.2) is 0 Å². The van der Waals surface area contributed by atoms with Gasteiger partial charge in [0, 0.05) is 18.4 Å². The molecule has 13 heavy (non-hydrogen) atoms. The molecule has 1 aromatic rings. The van der Waals surface area contributed by atoms with Crippen molar-refractivity contribution in [2.24, 2.45) is 0 Å². The van der Waals surface area contributed by atoms with Crippen molar-refractivity contribution in [2.45, 2.75) is 13.0 Å². The number of hydrogen-bond acceptors (Lipinski definition) is 2. The highest BCUT2D eigenvalue weighted by Crippen LogP contribution is 1.92. The van der Waals surface area contributed by atoms with Crippen LogP contribution in [0.3, 0.4) is 0 Å². The minimum absolute atomic E-state index is 0.945. The van der Waals surface area contributed by atoms with Crippen LogP contribution in [0.2, 0.25) is 0 Å². The molecule has 0 aromatic carbocycles. The Bertz CT molecular complexity index is 204. The molecule has 0 aliphatic heterocycles. The lowest BCUT2D eigenvalue weighted by Gasteiger charge is -2.09. The van der Waals surface area contributed by atoms with Crippen molar-refractivity contribution in [3.63, 3.8) is 0 Å². The number of hydrogen-bond donors (Lipinski definition) is 2. The van der Waals surface area contributed by atoms with Gasteiger partial charge in [0.25, 0.3) is 0 Å². The average molecular weight is 181 g/mol. The van der Waals surface area contributed by atoms with Gasteiger partial charge in [-0.2, -0.15) is 0 Å². The van der Waals surface area contributed by atoms with E-state index in [1.165, 1.54) is 12.1 Å². The summed E-state index contributed by atoms with van der Waals surface area (Å²) in [7, 11) is 4.20. The highest BCUT2D eigenvalue weighted by molar-refractivity contribution is 5.02. The monoisotopic (exact) mass is 181 g/mol. The van der Waals surface area contributed by atoms with E-state index in [-0.39, 0.29) is 0 Å². The molecule has 1 heterocycles. The molecular formula is C10H19N3. The highest BCUT2D eigenvalue weighted by atomic mass is 15.1. The lowest BCUT2D eigenvalue weighted by molar-refractivity contribution is 0.394. The van der Waals surface area contributed by atoms with E-state index in [4.69, 9.17) is 0 Å². The Morgan fingerprint density at radius 3 is 2.92 bits per heavy atom. The first-order valence-electron chi connectivity index (χ1n) is 4.77. The normalized spacial score (nSPS) is 11.0. The third kappa shape index (κ3) is 4.70. The molecule has 3 nitrogen and oxygen atoms in total. The Morgan fingerprint density at radius 2 is 2.31 bits per heavy atom. The van der Waals surface area contributed by atoms with E-state index in [2.05, 4.69) is 35.4 Å². The second-order valence-corrected chi connectivity index (χ2v) is 3.53. The van der Waals surface area contributed by atoms with Gasteiger partial charge in [0.15, 0.2) is 0 Å². The Labute approximate surface area is 80.1 Å². The van der Waals surface area contributed by atoms with E-state index >= 15 is 0 Å². The van der Waals surface area contributed by atoms with Gasteiger partial charge in [-0.15, -0.1) is 0 Å². The number of aromatic amines is 1. The maximum Gasteiger partial charge on any atom is 0.0357 e. The van der Waals surface area contributed by atoms with Crippen LogP contribution in [0.1, 0.15) is 12.1 Å². The highest BCUT2D eigenvalue weighted by Gasteiger charge is 1.92. The van der Waals surface area contributed by atoms with Crippen LogP contribution in [0, 0.1) is 0 Å². The summed E-state index contributed by atoms with van der Waals surface area (Å²) < 4.78 is 0. The smallest absolute Gasteiger partial charge is 0.0357 e. The summed E-state index contributed by atoms with van der Waals surface area (Å²) in [6.45, 7) is 3.18. The Balaban J connectivity index is 1.96. The van der Waals surface area contributed by atoms with Crippen molar-refractivity contribution in [3.8, 4) is 0 Å². The fourth-order valence-corrected chi connectivity index (χ4v) is 1.22. The molecule has 0 atom stereocenters. The molecule has 0 saturated heterocycles. The number of aromatic nitrogens is 1. The van der Waals surface area contributed by atoms with Crippen molar-refractivity contribution >= 4 is 0 Å². The third-order valence-corrected chi connectivity index (χ3v) is 1.94. The minimum Gasteiger partial charge on any atom is -0.364 e. The van der Waals surface area contributed by atoms with Crippen molar-refractivity contribution in [2.75, 3.05) is 27.2 Å². The number of rotatable bonds is 6. The molecule has 0 amide bonds. The zero-order chi connectivity index (χ0) is 9.52. The molecule has 0 unspecified atom stereocenters. The van der Waals surface area contributed by atoms with Crippen molar-refractivity contribution in [3.05, 3.63) is 24.0 Å². The van der Waals surface area contributed by atoms with Crippen LogP contribution >= 0.6 is 0 Å². The molecule has 0 spiro atoms. The summed E-state index contributed by atoms with van der Waals surface area (Å²) in [5.41, 5.74) is 1.25. The van der Waals surface area contributed by atoms with Crippen LogP contribution in [0.15, 0.2) is 18.3 Å². The van der Waals surface area contributed by atoms with E-state index < -0.39 is 0 Å². The van der Waals surface area contributed by atoms with Crippen LogP contribution in [-0.2, 0) is 6.54 Å². The van der Waals surface area contributed by atoms with Gasteiger partial charge in [0.05, 0.1) is 0 Å². The van der Waals surface area contributed by atoms with Crippen molar-refractivity contribution in [1.29, 1.82) is 0 Å². The molecule has 0 fully saturated rings. The Hall–Kier alpha value is -0.800. The van der Waals surface area contributed by atoms with Gasteiger partial charge in [-0.1, -0.05) is 0 Å². The number of H-pyrrole nitrogens is 1. The predicted octanol–water partition coefficient (Wildman–Crippen LogP) is 1.06. The van der Waals surface area contributed by atoms with Crippen LogP contribution in [-0.4, -0.2) is 37.1 Å². The van der Waals surface area contributed by atoms with Crippen molar-refractivity contribution in [1.82, 2.24) is 15.2 Å².